The van der Waals surface area contributed by atoms with Crippen LogP contribution in [0.4, 0.5) is 5.69 Å². The van der Waals surface area contributed by atoms with Gasteiger partial charge in [0.15, 0.2) is 0 Å². The number of halogens is 1. The van der Waals surface area contributed by atoms with E-state index in [0.717, 1.165) is 31.6 Å². The van der Waals surface area contributed by atoms with E-state index >= 15 is 0 Å². The van der Waals surface area contributed by atoms with Gasteiger partial charge in [0.1, 0.15) is 0 Å². The molecule has 19 heavy (non-hydrogen) atoms. The smallest absolute Gasteiger partial charge is 0.224 e. The van der Waals surface area contributed by atoms with Crippen molar-refractivity contribution in [3.8, 4) is 0 Å². The van der Waals surface area contributed by atoms with Crippen molar-refractivity contribution in [3.63, 3.8) is 0 Å². The number of benzene rings is 1. The number of nitrogens with zero attached hydrogens (tertiary/aromatic N) is 1. The topological polar surface area (TPSA) is 32.3 Å². The lowest BCUT2D eigenvalue weighted by molar-refractivity contribution is -0.131. The molecule has 1 rings (SSSR count). The molecule has 0 atom stereocenters. The van der Waals surface area contributed by atoms with Crippen molar-refractivity contribution in [3.05, 3.63) is 29.3 Å². The molecule has 0 aromatic heterocycles. The van der Waals surface area contributed by atoms with Crippen LogP contribution < -0.4 is 5.32 Å². The minimum Gasteiger partial charge on any atom is -0.383 e. The fourth-order valence-electron chi connectivity index (χ4n) is 1.97. The van der Waals surface area contributed by atoms with Crippen LogP contribution in [-0.2, 0) is 4.79 Å². The molecule has 0 fully saturated rings. The van der Waals surface area contributed by atoms with Gasteiger partial charge in [0.25, 0.3) is 0 Å². The van der Waals surface area contributed by atoms with Gasteiger partial charge < -0.3 is 10.2 Å². The van der Waals surface area contributed by atoms with Crippen molar-refractivity contribution < 1.29 is 4.79 Å². The third-order valence-electron chi connectivity index (χ3n) is 2.87. The fourth-order valence-corrected chi connectivity index (χ4v) is 2.17. The molecule has 0 saturated heterocycles. The molecule has 106 valence electrons. The average molecular weight is 283 g/mol. The summed E-state index contributed by atoms with van der Waals surface area (Å²) in [4.78, 5) is 14.0. The molecule has 0 aliphatic carbocycles. The molecule has 0 spiro atoms. The largest absolute Gasteiger partial charge is 0.383 e. The SMILES string of the molecule is CCCN(CCC)C(=O)CCNc1ccccc1Cl. The lowest BCUT2D eigenvalue weighted by Crippen LogP contribution is -2.33. The van der Waals surface area contributed by atoms with Crippen molar-refractivity contribution in [2.75, 3.05) is 25.0 Å². The number of hydrogen-bond acceptors (Lipinski definition) is 2. The highest BCUT2D eigenvalue weighted by atomic mass is 35.5. The average Bonchev–Trinajstić information content (AvgIpc) is 2.40. The second-order valence-electron chi connectivity index (χ2n) is 4.54. The van der Waals surface area contributed by atoms with Crippen LogP contribution in [0.2, 0.25) is 5.02 Å². The van der Waals surface area contributed by atoms with Crippen molar-refractivity contribution in [1.29, 1.82) is 0 Å². The predicted octanol–water partition coefficient (Wildman–Crippen LogP) is 3.79. The zero-order chi connectivity index (χ0) is 14.1. The minimum absolute atomic E-state index is 0.211. The van der Waals surface area contributed by atoms with Crippen LogP contribution >= 0.6 is 11.6 Å². The first kappa shape index (κ1) is 15.8. The quantitative estimate of drug-likeness (QED) is 0.787. The number of para-hydroxylation sites is 1. The molecular weight excluding hydrogens is 260 g/mol. The molecule has 0 radical (unpaired) electrons. The number of anilines is 1. The molecule has 0 unspecified atom stereocenters. The van der Waals surface area contributed by atoms with Gasteiger partial charge in [-0.25, -0.2) is 0 Å². The van der Waals surface area contributed by atoms with Crippen molar-refractivity contribution in [1.82, 2.24) is 4.90 Å². The normalized spacial score (nSPS) is 10.3. The summed E-state index contributed by atoms with van der Waals surface area (Å²) in [5.41, 5.74) is 0.884. The maximum absolute atomic E-state index is 12.1. The van der Waals surface area contributed by atoms with Gasteiger partial charge in [-0.15, -0.1) is 0 Å². The number of hydrogen-bond donors (Lipinski definition) is 1. The minimum atomic E-state index is 0.211. The molecule has 1 aromatic rings. The highest BCUT2D eigenvalue weighted by Gasteiger charge is 2.11. The Labute approximate surface area is 120 Å². The number of carbonyl (C=O) groups is 1. The van der Waals surface area contributed by atoms with Crippen LogP contribution in [0.3, 0.4) is 0 Å². The maximum atomic E-state index is 12.1. The van der Waals surface area contributed by atoms with Crippen molar-refractivity contribution in [2.45, 2.75) is 33.1 Å². The summed E-state index contributed by atoms with van der Waals surface area (Å²) >= 11 is 6.04. The van der Waals surface area contributed by atoms with Crippen LogP contribution in [0.1, 0.15) is 33.1 Å². The third-order valence-corrected chi connectivity index (χ3v) is 3.20. The number of amides is 1. The summed E-state index contributed by atoms with van der Waals surface area (Å²) in [6.07, 6.45) is 2.51. The zero-order valence-corrected chi connectivity index (χ0v) is 12.5. The molecule has 0 bridgehead atoms. The molecule has 0 saturated carbocycles. The summed E-state index contributed by atoms with van der Waals surface area (Å²) in [6.45, 7) is 6.50. The van der Waals surface area contributed by atoms with Gasteiger partial charge in [-0.2, -0.15) is 0 Å². The Hall–Kier alpha value is -1.22. The summed E-state index contributed by atoms with van der Waals surface area (Å²) < 4.78 is 0. The van der Waals surface area contributed by atoms with Gasteiger partial charge in [0, 0.05) is 26.1 Å². The van der Waals surface area contributed by atoms with E-state index in [1.54, 1.807) is 0 Å². The summed E-state index contributed by atoms with van der Waals surface area (Å²) in [5, 5.41) is 3.89. The molecular formula is C15H23ClN2O. The monoisotopic (exact) mass is 282 g/mol. The first-order valence-corrected chi connectivity index (χ1v) is 7.33. The van der Waals surface area contributed by atoms with Crippen LogP contribution in [0.25, 0.3) is 0 Å². The first-order chi connectivity index (χ1) is 9.19. The Balaban J connectivity index is 2.39. The van der Waals surface area contributed by atoms with E-state index < -0.39 is 0 Å². The molecule has 1 amide bonds. The Morgan fingerprint density at radius 1 is 1.21 bits per heavy atom. The van der Waals surface area contributed by atoms with Gasteiger partial charge in [-0.3, -0.25) is 4.79 Å². The predicted molar refractivity (Wildman–Crippen MR) is 81.7 cm³/mol. The second kappa shape index (κ2) is 8.81. The van der Waals surface area contributed by atoms with E-state index in [9.17, 15) is 4.79 Å². The van der Waals surface area contributed by atoms with Crippen LogP contribution in [0.5, 0.6) is 0 Å². The summed E-state index contributed by atoms with van der Waals surface area (Å²) in [6, 6.07) is 7.58. The Kier molecular flexibility index (Phi) is 7.34. The lowest BCUT2D eigenvalue weighted by Gasteiger charge is -2.21. The number of nitrogens with one attached hydrogen (secondary N) is 1. The van der Waals surface area contributed by atoms with Crippen LogP contribution in [-0.4, -0.2) is 30.4 Å². The Bertz CT molecular complexity index is 389. The second-order valence-corrected chi connectivity index (χ2v) is 4.94. The van der Waals surface area contributed by atoms with E-state index in [2.05, 4.69) is 19.2 Å². The van der Waals surface area contributed by atoms with Gasteiger partial charge >= 0.3 is 0 Å². The van der Waals surface area contributed by atoms with E-state index in [4.69, 9.17) is 11.6 Å². The maximum Gasteiger partial charge on any atom is 0.224 e. The zero-order valence-electron chi connectivity index (χ0n) is 11.8. The number of carbonyl (C=O) groups excluding carboxylic acids is 1. The molecule has 1 N–H and O–H groups in total. The lowest BCUT2D eigenvalue weighted by atomic mass is 10.2. The highest BCUT2D eigenvalue weighted by molar-refractivity contribution is 6.33. The van der Waals surface area contributed by atoms with Crippen molar-refractivity contribution in [2.24, 2.45) is 0 Å². The van der Waals surface area contributed by atoms with Gasteiger partial charge in [0.2, 0.25) is 5.91 Å². The summed E-state index contributed by atoms with van der Waals surface area (Å²) in [5.74, 6) is 0.211. The molecule has 3 nitrogen and oxygen atoms in total. The standard InChI is InChI=1S/C15H23ClN2O/c1-3-11-18(12-4-2)15(19)9-10-17-14-8-6-5-7-13(14)16/h5-8,17H,3-4,9-12H2,1-2H3. The van der Waals surface area contributed by atoms with E-state index in [-0.39, 0.29) is 5.91 Å². The van der Waals surface area contributed by atoms with Crippen LogP contribution in [0.15, 0.2) is 24.3 Å². The third kappa shape index (κ3) is 5.52. The van der Waals surface area contributed by atoms with Crippen molar-refractivity contribution >= 4 is 23.2 Å². The molecule has 1 aromatic carbocycles. The molecule has 4 heteroatoms. The molecule has 0 heterocycles. The van der Waals surface area contributed by atoms with E-state index in [1.165, 1.54) is 0 Å². The Morgan fingerprint density at radius 2 is 1.84 bits per heavy atom. The molecule has 0 aliphatic heterocycles. The first-order valence-electron chi connectivity index (χ1n) is 6.95. The Morgan fingerprint density at radius 3 is 2.42 bits per heavy atom. The van der Waals surface area contributed by atoms with Gasteiger partial charge in [-0.1, -0.05) is 37.6 Å². The molecule has 0 aliphatic rings. The van der Waals surface area contributed by atoms with Gasteiger partial charge in [-0.05, 0) is 25.0 Å². The highest BCUT2D eigenvalue weighted by Crippen LogP contribution is 2.20. The van der Waals surface area contributed by atoms with Gasteiger partial charge in [0.05, 0.1) is 10.7 Å². The van der Waals surface area contributed by atoms with E-state index in [0.29, 0.717) is 18.0 Å². The summed E-state index contributed by atoms with van der Waals surface area (Å²) in [7, 11) is 0. The fraction of sp³-hybridized carbons (Fsp3) is 0.533. The van der Waals surface area contributed by atoms with Crippen LogP contribution in [0, 0.1) is 0 Å². The van der Waals surface area contributed by atoms with E-state index in [1.807, 2.05) is 29.2 Å². The number of rotatable bonds is 8.